The molecule has 0 radical (unpaired) electrons. The van der Waals surface area contributed by atoms with E-state index in [1.165, 1.54) is 0 Å². The number of benzene rings is 1. The molecule has 0 aromatic heterocycles. The molecule has 0 bridgehead atoms. The minimum Gasteiger partial charge on any atom is -0.351 e. The Morgan fingerprint density at radius 2 is 1.88 bits per heavy atom. The van der Waals surface area contributed by atoms with Crippen molar-refractivity contribution in [2.45, 2.75) is 33.1 Å². The fourth-order valence-corrected chi connectivity index (χ4v) is 2.49. The van der Waals surface area contributed by atoms with Crippen molar-refractivity contribution in [2.24, 2.45) is 5.73 Å². The van der Waals surface area contributed by atoms with Crippen LogP contribution in [0.2, 0.25) is 0 Å². The molecule has 17 heavy (non-hydrogen) atoms. The average Bonchev–Trinajstić information content (AvgIpc) is 2.42. The lowest BCUT2D eigenvalue weighted by Gasteiger charge is -2.18. The zero-order valence-corrected chi connectivity index (χ0v) is 10.5. The van der Waals surface area contributed by atoms with Gasteiger partial charge in [-0.2, -0.15) is 0 Å². The highest BCUT2D eigenvalue weighted by Crippen LogP contribution is 2.43. The van der Waals surface area contributed by atoms with E-state index >= 15 is 0 Å². The average molecular weight is 232 g/mol. The zero-order chi connectivity index (χ0) is 13.0. The lowest BCUT2D eigenvalue weighted by Crippen LogP contribution is -2.43. The molecule has 0 fully saturated rings. The third kappa shape index (κ3) is 1.37. The predicted octanol–water partition coefficient (Wildman–Crippen LogP) is 2.01. The summed E-state index contributed by atoms with van der Waals surface area (Å²) in [5.74, 6) is -0.256. The van der Waals surface area contributed by atoms with Gasteiger partial charge in [-0.05, 0) is 50.5 Å². The van der Waals surface area contributed by atoms with Crippen LogP contribution in [0.15, 0.2) is 12.1 Å². The number of urea groups is 1. The van der Waals surface area contributed by atoms with Gasteiger partial charge in [-0.3, -0.25) is 4.79 Å². The summed E-state index contributed by atoms with van der Waals surface area (Å²) in [6, 6.07) is 2.97. The first kappa shape index (κ1) is 11.6. The molecule has 3 amide bonds. The van der Waals surface area contributed by atoms with Crippen molar-refractivity contribution in [1.29, 1.82) is 0 Å². The van der Waals surface area contributed by atoms with Crippen molar-refractivity contribution < 1.29 is 9.59 Å². The summed E-state index contributed by atoms with van der Waals surface area (Å²) in [6.45, 7) is 7.60. The number of amides is 3. The van der Waals surface area contributed by atoms with Gasteiger partial charge >= 0.3 is 6.03 Å². The normalized spacial score (nSPS) is 17.2. The van der Waals surface area contributed by atoms with Crippen LogP contribution in [-0.4, -0.2) is 11.9 Å². The van der Waals surface area contributed by atoms with E-state index in [-0.39, 0.29) is 5.91 Å². The lowest BCUT2D eigenvalue weighted by molar-refractivity contribution is -0.121. The van der Waals surface area contributed by atoms with E-state index in [2.05, 4.69) is 0 Å². The van der Waals surface area contributed by atoms with E-state index in [9.17, 15) is 9.59 Å². The zero-order valence-electron chi connectivity index (χ0n) is 10.5. The Labute approximate surface area is 100 Å². The van der Waals surface area contributed by atoms with Crippen molar-refractivity contribution >= 4 is 17.6 Å². The van der Waals surface area contributed by atoms with E-state index in [1.54, 1.807) is 6.07 Å². The van der Waals surface area contributed by atoms with Crippen LogP contribution < -0.4 is 10.6 Å². The highest BCUT2D eigenvalue weighted by Gasteiger charge is 2.47. The van der Waals surface area contributed by atoms with Crippen LogP contribution in [0.3, 0.4) is 0 Å². The van der Waals surface area contributed by atoms with Gasteiger partial charge in [0.2, 0.25) is 5.91 Å². The molecule has 2 rings (SSSR count). The summed E-state index contributed by atoms with van der Waals surface area (Å²) >= 11 is 0. The largest absolute Gasteiger partial charge is 0.351 e. The van der Waals surface area contributed by atoms with Gasteiger partial charge in [-0.25, -0.2) is 9.69 Å². The van der Waals surface area contributed by atoms with Gasteiger partial charge in [0.05, 0.1) is 11.1 Å². The summed E-state index contributed by atoms with van der Waals surface area (Å²) in [7, 11) is 0. The Morgan fingerprint density at radius 1 is 1.29 bits per heavy atom. The fourth-order valence-electron chi connectivity index (χ4n) is 2.49. The van der Waals surface area contributed by atoms with Crippen molar-refractivity contribution in [3.05, 3.63) is 28.8 Å². The van der Waals surface area contributed by atoms with E-state index in [0.29, 0.717) is 5.69 Å². The highest BCUT2D eigenvalue weighted by atomic mass is 16.2. The second-order valence-electron chi connectivity index (χ2n) is 5.01. The topological polar surface area (TPSA) is 63.4 Å². The van der Waals surface area contributed by atoms with Crippen LogP contribution in [-0.2, 0) is 10.2 Å². The van der Waals surface area contributed by atoms with Gasteiger partial charge in [0, 0.05) is 0 Å². The summed E-state index contributed by atoms with van der Waals surface area (Å²) in [6.07, 6.45) is 0. The van der Waals surface area contributed by atoms with Crippen LogP contribution in [0, 0.1) is 13.8 Å². The summed E-state index contributed by atoms with van der Waals surface area (Å²) in [5.41, 5.74) is 8.26. The number of nitrogens with two attached hydrogens (primary N) is 1. The molecule has 0 spiro atoms. The first-order valence-electron chi connectivity index (χ1n) is 5.53. The predicted molar refractivity (Wildman–Crippen MR) is 66.0 cm³/mol. The van der Waals surface area contributed by atoms with Gasteiger partial charge in [-0.15, -0.1) is 0 Å². The number of nitrogens with zero attached hydrogens (tertiary/aromatic N) is 1. The lowest BCUT2D eigenvalue weighted by atomic mass is 9.82. The minimum atomic E-state index is -0.718. The van der Waals surface area contributed by atoms with Crippen LogP contribution in [0.25, 0.3) is 0 Å². The van der Waals surface area contributed by atoms with Crippen molar-refractivity contribution in [3.63, 3.8) is 0 Å². The maximum atomic E-state index is 12.2. The smallest absolute Gasteiger partial charge is 0.326 e. The Kier molecular flexibility index (Phi) is 2.28. The number of hydrogen-bond donors (Lipinski definition) is 1. The third-order valence-corrected chi connectivity index (χ3v) is 3.54. The molecular weight excluding hydrogens is 216 g/mol. The fraction of sp³-hybridized carbons (Fsp3) is 0.385. The Morgan fingerprint density at radius 3 is 2.41 bits per heavy atom. The number of hydrogen-bond acceptors (Lipinski definition) is 2. The number of rotatable bonds is 0. The van der Waals surface area contributed by atoms with Gasteiger partial charge in [0.15, 0.2) is 0 Å². The molecule has 1 aromatic rings. The second-order valence-corrected chi connectivity index (χ2v) is 5.01. The maximum Gasteiger partial charge on any atom is 0.326 e. The summed E-state index contributed by atoms with van der Waals surface area (Å²) < 4.78 is 0. The molecule has 0 saturated heterocycles. The van der Waals surface area contributed by atoms with E-state index < -0.39 is 11.4 Å². The number of imide groups is 1. The van der Waals surface area contributed by atoms with Gasteiger partial charge in [-0.1, -0.05) is 6.07 Å². The molecule has 4 nitrogen and oxygen atoms in total. The Balaban J connectivity index is 2.79. The van der Waals surface area contributed by atoms with Crippen LogP contribution in [0.5, 0.6) is 0 Å². The molecule has 0 aliphatic carbocycles. The van der Waals surface area contributed by atoms with E-state index in [0.717, 1.165) is 21.6 Å². The molecule has 4 heteroatoms. The van der Waals surface area contributed by atoms with E-state index in [1.807, 2.05) is 33.8 Å². The quantitative estimate of drug-likeness (QED) is 0.743. The first-order chi connectivity index (χ1) is 7.78. The van der Waals surface area contributed by atoms with Gasteiger partial charge in [0.25, 0.3) is 0 Å². The summed E-state index contributed by atoms with van der Waals surface area (Å²) in [4.78, 5) is 24.7. The molecule has 90 valence electrons. The van der Waals surface area contributed by atoms with Gasteiger partial charge < -0.3 is 5.73 Å². The standard InChI is InChI=1S/C13H16N2O2/c1-7-5-6-9-10(8(7)2)13(3,4)11(16)15(9)12(14)17/h5-6H,1-4H3,(H2,14,17). The van der Waals surface area contributed by atoms with Crippen molar-refractivity contribution in [1.82, 2.24) is 0 Å². The Bertz CT molecular complexity index is 532. The molecule has 2 N–H and O–H groups in total. The van der Waals surface area contributed by atoms with E-state index in [4.69, 9.17) is 5.73 Å². The molecule has 1 heterocycles. The van der Waals surface area contributed by atoms with Crippen molar-refractivity contribution in [3.8, 4) is 0 Å². The molecule has 1 aliphatic rings. The number of carbonyl (C=O) groups is 2. The summed E-state index contributed by atoms with van der Waals surface area (Å²) in [5, 5.41) is 0. The SMILES string of the molecule is Cc1ccc2c(c1C)C(C)(C)C(=O)N2C(N)=O. The number of anilines is 1. The second kappa shape index (κ2) is 3.32. The molecule has 0 unspecified atom stereocenters. The monoisotopic (exact) mass is 232 g/mol. The molecule has 0 atom stereocenters. The molecular formula is C13H16N2O2. The first-order valence-corrected chi connectivity index (χ1v) is 5.53. The van der Waals surface area contributed by atoms with Crippen LogP contribution in [0.1, 0.15) is 30.5 Å². The number of carbonyl (C=O) groups excluding carboxylic acids is 2. The third-order valence-electron chi connectivity index (χ3n) is 3.54. The molecule has 1 aliphatic heterocycles. The highest BCUT2D eigenvalue weighted by molar-refractivity contribution is 6.22. The molecule has 1 aromatic carbocycles. The molecule has 0 saturated carbocycles. The number of primary amides is 1. The van der Waals surface area contributed by atoms with Crippen LogP contribution >= 0.6 is 0 Å². The Hall–Kier alpha value is -1.84. The van der Waals surface area contributed by atoms with Crippen LogP contribution in [0.4, 0.5) is 10.5 Å². The minimum absolute atomic E-state index is 0.256. The number of fused-ring (bicyclic) bond motifs is 1. The van der Waals surface area contributed by atoms with Gasteiger partial charge in [0.1, 0.15) is 0 Å². The number of aryl methyl sites for hydroxylation is 1. The maximum absolute atomic E-state index is 12.2. The van der Waals surface area contributed by atoms with Crippen molar-refractivity contribution in [2.75, 3.05) is 4.90 Å².